The molecule has 0 aliphatic carbocycles. The van der Waals surface area contributed by atoms with E-state index in [0.717, 1.165) is 12.1 Å². The number of Topliss-reactive ketones (excluding diaryl/α,β-unsaturated/α-hetero) is 1. The van der Waals surface area contributed by atoms with Crippen LogP contribution >= 0.6 is 0 Å². The molecule has 1 aromatic carbocycles. The minimum absolute atomic E-state index is 0.202. The van der Waals surface area contributed by atoms with Crippen molar-refractivity contribution in [3.8, 4) is 0 Å². The van der Waals surface area contributed by atoms with E-state index in [2.05, 4.69) is 0 Å². The van der Waals surface area contributed by atoms with Gasteiger partial charge in [-0.2, -0.15) is 0 Å². The van der Waals surface area contributed by atoms with Crippen LogP contribution in [0.4, 0.5) is 8.78 Å². The van der Waals surface area contributed by atoms with E-state index in [-0.39, 0.29) is 17.8 Å². The molecule has 0 saturated heterocycles. The van der Waals surface area contributed by atoms with Gasteiger partial charge >= 0.3 is 0 Å². The molecule has 0 heterocycles. The summed E-state index contributed by atoms with van der Waals surface area (Å²) in [5.41, 5.74) is -0.202. The van der Waals surface area contributed by atoms with Gasteiger partial charge in [0.05, 0.1) is 0 Å². The molecule has 0 aromatic heterocycles. The van der Waals surface area contributed by atoms with E-state index >= 15 is 0 Å². The minimum atomic E-state index is -0.702. The van der Waals surface area contributed by atoms with Crippen LogP contribution in [0.1, 0.15) is 12.5 Å². The number of halogens is 2. The Kier molecular flexibility index (Phi) is 3.91. The molecule has 0 radical (unpaired) electrons. The lowest BCUT2D eigenvalue weighted by molar-refractivity contribution is -0.127. The number of carbonyl (C=O) groups excluding carboxylic acids is 1. The molecule has 2 nitrogen and oxygen atoms in total. The van der Waals surface area contributed by atoms with Crippen molar-refractivity contribution in [3.63, 3.8) is 0 Å². The molecule has 1 unspecified atom stereocenters. The summed E-state index contributed by atoms with van der Waals surface area (Å²) < 4.78 is 31.1. The predicted octanol–water partition coefficient (Wildman–Crippen LogP) is 2.11. The van der Waals surface area contributed by atoms with Crippen LogP contribution in [-0.4, -0.2) is 19.0 Å². The molecule has 0 N–H and O–H groups in total. The maximum Gasteiger partial charge on any atom is 0.165 e. The molecular formula is C11H12F2O2. The van der Waals surface area contributed by atoms with Gasteiger partial charge in [0.15, 0.2) is 5.78 Å². The molecule has 0 aliphatic rings. The van der Waals surface area contributed by atoms with Crippen LogP contribution in [0.3, 0.4) is 0 Å². The highest BCUT2D eigenvalue weighted by Gasteiger charge is 2.17. The number of hydrogen-bond acceptors (Lipinski definition) is 2. The Morgan fingerprint density at radius 1 is 1.40 bits per heavy atom. The summed E-state index contributed by atoms with van der Waals surface area (Å²) in [6.07, 6.45) is -0.933. The van der Waals surface area contributed by atoms with Gasteiger partial charge in [0, 0.05) is 19.1 Å². The average molecular weight is 214 g/mol. The summed E-state index contributed by atoms with van der Waals surface area (Å²) in [6.45, 7) is 1.54. The lowest BCUT2D eigenvalue weighted by Gasteiger charge is -2.09. The molecule has 0 spiro atoms. The maximum absolute atomic E-state index is 13.1. The molecule has 0 saturated carbocycles. The minimum Gasteiger partial charge on any atom is -0.374 e. The third-order valence-corrected chi connectivity index (χ3v) is 2.22. The van der Waals surface area contributed by atoms with E-state index in [0.29, 0.717) is 0 Å². The second-order valence-electron chi connectivity index (χ2n) is 3.22. The predicted molar refractivity (Wildman–Crippen MR) is 51.5 cm³/mol. The van der Waals surface area contributed by atoms with Crippen LogP contribution in [0.25, 0.3) is 0 Å². The fraction of sp³-hybridized carbons (Fsp3) is 0.364. The van der Waals surface area contributed by atoms with Gasteiger partial charge < -0.3 is 4.74 Å². The first kappa shape index (κ1) is 11.8. The first-order chi connectivity index (χ1) is 7.06. The monoisotopic (exact) mass is 214 g/mol. The first-order valence-corrected chi connectivity index (χ1v) is 4.54. The van der Waals surface area contributed by atoms with Crippen LogP contribution < -0.4 is 0 Å². The van der Waals surface area contributed by atoms with Crippen molar-refractivity contribution >= 4 is 5.78 Å². The summed E-state index contributed by atoms with van der Waals surface area (Å²) in [7, 11) is 1.38. The number of ether oxygens (including phenoxy) is 1. The van der Waals surface area contributed by atoms with Gasteiger partial charge in [-0.25, -0.2) is 8.78 Å². The number of carbonyl (C=O) groups is 1. The van der Waals surface area contributed by atoms with Crippen molar-refractivity contribution in [1.82, 2.24) is 0 Å². The molecule has 82 valence electrons. The number of benzene rings is 1. The lowest BCUT2D eigenvalue weighted by atomic mass is 10.1. The molecule has 0 fully saturated rings. The molecular weight excluding hydrogens is 202 g/mol. The maximum atomic E-state index is 13.1. The van der Waals surface area contributed by atoms with Gasteiger partial charge in [0.25, 0.3) is 0 Å². The van der Waals surface area contributed by atoms with Gasteiger partial charge in [-0.15, -0.1) is 0 Å². The SMILES string of the molecule is COC(C)C(=O)Cc1c(F)cccc1F. The van der Waals surface area contributed by atoms with Crippen molar-refractivity contribution in [2.45, 2.75) is 19.4 Å². The summed E-state index contributed by atoms with van der Waals surface area (Å²) in [6, 6.07) is 3.52. The zero-order valence-corrected chi connectivity index (χ0v) is 8.59. The zero-order chi connectivity index (χ0) is 11.4. The van der Waals surface area contributed by atoms with Gasteiger partial charge in [0.1, 0.15) is 17.7 Å². The number of hydrogen-bond donors (Lipinski definition) is 0. The first-order valence-electron chi connectivity index (χ1n) is 4.54. The van der Waals surface area contributed by atoms with Crippen molar-refractivity contribution in [3.05, 3.63) is 35.4 Å². The lowest BCUT2D eigenvalue weighted by Crippen LogP contribution is -2.22. The molecule has 1 atom stereocenters. The van der Waals surface area contributed by atoms with E-state index in [9.17, 15) is 13.6 Å². The van der Waals surface area contributed by atoms with Gasteiger partial charge in [-0.1, -0.05) is 6.07 Å². The fourth-order valence-electron chi connectivity index (χ4n) is 1.15. The Bertz CT molecular complexity index is 343. The molecule has 0 bridgehead atoms. The zero-order valence-electron chi connectivity index (χ0n) is 8.59. The van der Waals surface area contributed by atoms with Crippen molar-refractivity contribution < 1.29 is 18.3 Å². The second kappa shape index (κ2) is 4.98. The Morgan fingerprint density at radius 3 is 2.40 bits per heavy atom. The highest BCUT2D eigenvalue weighted by atomic mass is 19.1. The van der Waals surface area contributed by atoms with Crippen molar-refractivity contribution in [2.75, 3.05) is 7.11 Å². The molecule has 1 aromatic rings. The summed E-state index contributed by atoms with van der Waals surface area (Å²) in [5, 5.41) is 0. The van der Waals surface area contributed by atoms with Crippen LogP contribution in [0.5, 0.6) is 0 Å². The number of ketones is 1. The smallest absolute Gasteiger partial charge is 0.165 e. The van der Waals surface area contributed by atoms with Gasteiger partial charge in [0.2, 0.25) is 0 Å². The fourth-order valence-corrected chi connectivity index (χ4v) is 1.15. The molecule has 0 aliphatic heterocycles. The normalized spacial score (nSPS) is 12.5. The van der Waals surface area contributed by atoms with E-state index in [1.54, 1.807) is 6.92 Å². The number of methoxy groups -OCH3 is 1. The average Bonchev–Trinajstić information content (AvgIpc) is 2.22. The van der Waals surface area contributed by atoms with Crippen LogP contribution in [0.2, 0.25) is 0 Å². The largest absolute Gasteiger partial charge is 0.374 e. The molecule has 0 amide bonds. The van der Waals surface area contributed by atoms with Crippen LogP contribution in [0, 0.1) is 11.6 Å². The third kappa shape index (κ3) is 2.83. The highest BCUT2D eigenvalue weighted by molar-refractivity contribution is 5.84. The van der Waals surface area contributed by atoms with E-state index in [4.69, 9.17) is 4.74 Å². The van der Waals surface area contributed by atoms with Crippen molar-refractivity contribution in [2.24, 2.45) is 0 Å². The van der Waals surface area contributed by atoms with E-state index in [1.165, 1.54) is 13.2 Å². The quantitative estimate of drug-likeness (QED) is 0.767. The molecule has 4 heteroatoms. The van der Waals surface area contributed by atoms with Gasteiger partial charge in [-0.3, -0.25) is 4.79 Å². The number of rotatable bonds is 4. The van der Waals surface area contributed by atoms with E-state index < -0.39 is 17.7 Å². The van der Waals surface area contributed by atoms with Crippen molar-refractivity contribution in [1.29, 1.82) is 0 Å². The Balaban J connectivity index is 2.85. The second-order valence-corrected chi connectivity index (χ2v) is 3.22. The van der Waals surface area contributed by atoms with Crippen LogP contribution in [-0.2, 0) is 16.0 Å². The standard InChI is InChI=1S/C11H12F2O2/c1-7(15-2)11(14)6-8-9(12)4-3-5-10(8)13/h3-5,7H,6H2,1-2H3. The summed E-state index contributed by atoms with van der Waals surface area (Å²) in [4.78, 5) is 11.4. The Hall–Kier alpha value is -1.29. The molecule has 1 rings (SSSR count). The highest BCUT2D eigenvalue weighted by Crippen LogP contribution is 2.13. The summed E-state index contributed by atoms with van der Waals surface area (Å²) >= 11 is 0. The Labute approximate surface area is 86.9 Å². The Morgan fingerprint density at radius 2 is 1.93 bits per heavy atom. The molecule has 15 heavy (non-hydrogen) atoms. The van der Waals surface area contributed by atoms with E-state index in [1.807, 2.05) is 0 Å². The summed E-state index contributed by atoms with van der Waals surface area (Å²) in [5.74, 6) is -1.75. The van der Waals surface area contributed by atoms with Crippen LogP contribution in [0.15, 0.2) is 18.2 Å². The topological polar surface area (TPSA) is 26.3 Å². The van der Waals surface area contributed by atoms with Gasteiger partial charge in [-0.05, 0) is 19.1 Å². The third-order valence-electron chi connectivity index (χ3n) is 2.22.